The van der Waals surface area contributed by atoms with Crippen molar-refractivity contribution in [3.05, 3.63) is 132 Å². The maximum Gasteiger partial charge on any atom is 0.143 e. The molecule has 8 rings (SSSR count). The fraction of sp³-hybridized carbons (Fsp3) is 0. The first-order valence-electron chi connectivity index (χ1n) is 13.6. The molecular formula is C38H20N2OS. The second-order valence-electron chi connectivity index (χ2n) is 10.2. The summed E-state index contributed by atoms with van der Waals surface area (Å²) in [7, 11) is 0. The number of benzene rings is 6. The van der Waals surface area contributed by atoms with E-state index < -0.39 is 0 Å². The van der Waals surface area contributed by atoms with E-state index in [1.807, 2.05) is 78.9 Å². The Labute approximate surface area is 245 Å². The quantitative estimate of drug-likeness (QED) is 0.219. The van der Waals surface area contributed by atoms with Crippen molar-refractivity contribution in [1.29, 1.82) is 10.5 Å². The summed E-state index contributed by atoms with van der Waals surface area (Å²) >= 11 is 1.73. The Hall–Kier alpha value is -5.68. The molecule has 6 aromatic carbocycles. The lowest BCUT2D eigenvalue weighted by Crippen LogP contribution is -1.98. The zero-order valence-electron chi connectivity index (χ0n) is 22.3. The van der Waals surface area contributed by atoms with Gasteiger partial charge in [-0.05, 0) is 23.8 Å². The van der Waals surface area contributed by atoms with E-state index in [4.69, 9.17) is 4.42 Å². The van der Waals surface area contributed by atoms with Crippen molar-refractivity contribution in [2.75, 3.05) is 0 Å². The Morgan fingerprint density at radius 2 is 1.17 bits per heavy atom. The van der Waals surface area contributed by atoms with Crippen LogP contribution in [0.5, 0.6) is 0 Å². The van der Waals surface area contributed by atoms with Crippen molar-refractivity contribution in [3.63, 3.8) is 0 Å². The number of hydrogen-bond acceptors (Lipinski definition) is 4. The van der Waals surface area contributed by atoms with Crippen molar-refractivity contribution in [2.24, 2.45) is 0 Å². The molecule has 0 radical (unpaired) electrons. The number of nitriles is 2. The van der Waals surface area contributed by atoms with Gasteiger partial charge in [0.1, 0.15) is 23.3 Å². The van der Waals surface area contributed by atoms with Crippen LogP contribution in [0.25, 0.3) is 75.5 Å². The normalized spacial score (nSPS) is 11.3. The molecule has 0 saturated heterocycles. The summed E-state index contributed by atoms with van der Waals surface area (Å²) in [5.74, 6) is 0. The van der Waals surface area contributed by atoms with Gasteiger partial charge in [0, 0.05) is 58.8 Å². The van der Waals surface area contributed by atoms with Crippen molar-refractivity contribution in [2.45, 2.75) is 0 Å². The van der Waals surface area contributed by atoms with Gasteiger partial charge < -0.3 is 4.42 Å². The summed E-state index contributed by atoms with van der Waals surface area (Å²) in [4.78, 5) is 0. The van der Waals surface area contributed by atoms with Gasteiger partial charge in [0.25, 0.3) is 0 Å². The molecule has 0 atom stereocenters. The highest BCUT2D eigenvalue weighted by Gasteiger charge is 2.25. The number of nitrogens with zero attached hydrogens (tertiary/aromatic N) is 2. The third-order valence-corrected chi connectivity index (χ3v) is 9.22. The minimum atomic E-state index is 0.456. The highest BCUT2D eigenvalue weighted by Crippen LogP contribution is 2.47. The van der Waals surface area contributed by atoms with E-state index in [2.05, 4.69) is 54.6 Å². The SMILES string of the molecule is N#Cc1c(-c2ccccc2)cc(-c2cccc3c2sc2ccccc23)c(C#N)c1-c1cccc2c1oc1ccccc12. The van der Waals surface area contributed by atoms with Gasteiger partial charge in [0.15, 0.2) is 0 Å². The van der Waals surface area contributed by atoms with E-state index in [1.165, 1.54) is 10.1 Å². The van der Waals surface area contributed by atoms with Gasteiger partial charge in [-0.15, -0.1) is 11.3 Å². The lowest BCUT2D eigenvalue weighted by molar-refractivity contribution is 0.670. The molecular weight excluding hydrogens is 532 g/mol. The van der Waals surface area contributed by atoms with Gasteiger partial charge in [-0.1, -0.05) is 103 Å². The summed E-state index contributed by atoms with van der Waals surface area (Å²) in [6, 6.07) is 45.5. The van der Waals surface area contributed by atoms with Crippen LogP contribution in [0.2, 0.25) is 0 Å². The molecule has 0 saturated carbocycles. The topological polar surface area (TPSA) is 60.7 Å². The molecule has 42 heavy (non-hydrogen) atoms. The Balaban J connectivity index is 1.54. The van der Waals surface area contributed by atoms with Crippen LogP contribution < -0.4 is 0 Å². The lowest BCUT2D eigenvalue weighted by Gasteiger charge is -2.17. The maximum atomic E-state index is 10.8. The van der Waals surface area contributed by atoms with Crippen molar-refractivity contribution < 1.29 is 4.42 Å². The van der Waals surface area contributed by atoms with Crippen LogP contribution in [-0.4, -0.2) is 0 Å². The van der Waals surface area contributed by atoms with E-state index in [1.54, 1.807) is 11.3 Å². The smallest absolute Gasteiger partial charge is 0.143 e. The second kappa shape index (κ2) is 9.46. The monoisotopic (exact) mass is 552 g/mol. The molecule has 194 valence electrons. The first-order valence-corrected chi connectivity index (χ1v) is 14.5. The van der Waals surface area contributed by atoms with E-state index in [0.717, 1.165) is 54.3 Å². The third kappa shape index (κ3) is 3.50. The van der Waals surface area contributed by atoms with Gasteiger partial charge in [-0.2, -0.15) is 10.5 Å². The van der Waals surface area contributed by atoms with Gasteiger partial charge in [0.2, 0.25) is 0 Å². The summed E-state index contributed by atoms with van der Waals surface area (Å²) in [5, 5.41) is 25.8. The Morgan fingerprint density at radius 3 is 1.98 bits per heavy atom. The van der Waals surface area contributed by atoms with Crippen LogP contribution in [0.4, 0.5) is 0 Å². The zero-order chi connectivity index (χ0) is 28.2. The van der Waals surface area contributed by atoms with Crippen LogP contribution in [-0.2, 0) is 0 Å². The number of rotatable bonds is 3. The molecule has 0 aliphatic carbocycles. The number of hydrogen-bond donors (Lipinski definition) is 0. The van der Waals surface area contributed by atoms with Gasteiger partial charge in [-0.25, -0.2) is 0 Å². The average Bonchev–Trinajstić information content (AvgIpc) is 3.63. The standard InChI is InChI=1S/C38H20N2OS/c39-21-32-30(23-10-2-1-3-11-23)20-31(28-16-9-15-27-25-13-5-7-19-35(25)42-38(27)28)33(22-40)36(32)29-17-8-14-26-24-12-4-6-18-34(24)41-37(26)29/h1-20H. The van der Waals surface area contributed by atoms with Crippen LogP contribution in [0.1, 0.15) is 11.1 Å². The molecule has 0 aliphatic heterocycles. The molecule has 4 heteroatoms. The van der Waals surface area contributed by atoms with E-state index in [0.29, 0.717) is 22.3 Å². The average molecular weight is 553 g/mol. The predicted molar refractivity (Wildman–Crippen MR) is 172 cm³/mol. The fourth-order valence-electron chi connectivity index (χ4n) is 6.15. The fourth-order valence-corrected chi connectivity index (χ4v) is 7.38. The molecule has 8 aromatic rings. The minimum absolute atomic E-state index is 0.456. The summed E-state index contributed by atoms with van der Waals surface area (Å²) < 4.78 is 8.74. The Kier molecular flexibility index (Phi) is 5.44. The molecule has 0 unspecified atom stereocenters. The number of thiophene rings is 1. The van der Waals surface area contributed by atoms with E-state index in [9.17, 15) is 10.5 Å². The molecule has 0 spiro atoms. The summed E-state index contributed by atoms with van der Waals surface area (Å²) in [6.07, 6.45) is 0. The number of fused-ring (bicyclic) bond motifs is 6. The first-order chi connectivity index (χ1) is 20.8. The zero-order valence-corrected chi connectivity index (χ0v) is 23.1. The maximum absolute atomic E-state index is 10.8. The molecule has 2 heterocycles. The predicted octanol–water partition coefficient (Wildman–Crippen LogP) is 10.7. The Morgan fingerprint density at radius 1 is 0.524 bits per heavy atom. The molecule has 0 fully saturated rings. The van der Waals surface area contributed by atoms with Gasteiger partial charge in [0.05, 0.1) is 11.1 Å². The molecule has 0 N–H and O–H groups in total. The number of para-hydroxylation sites is 2. The second-order valence-corrected chi connectivity index (χ2v) is 11.3. The first kappa shape index (κ1) is 24.1. The minimum Gasteiger partial charge on any atom is -0.455 e. The third-order valence-electron chi connectivity index (χ3n) is 8.00. The van der Waals surface area contributed by atoms with Gasteiger partial charge >= 0.3 is 0 Å². The lowest BCUT2D eigenvalue weighted by atomic mass is 9.83. The van der Waals surface area contributed by atoms with Crippen LogP contribution >= 0.6 is 11.3 Å². The summed E-state index contributed by atoms with van der Waals surface area (Å²) in [6.45, 7) is 0. The largest absolute Gasteiger partial charge is 0.455 e. The van der Waals surface area contributed by atoms with E-state index in [-0.39, 0.29) is 0 Å². The van der Waals surface area contributed by atoms with Crippen LogP contribution in [0.15, 0.2) is 126 Å². The van der Waals surface area contributed by atoms with Crippen molar-refractivity contribution >= 4 is 53.4 Å². The van der Waals surface area contributed by atoms with Crippen LogP contribution in [0.3, 0.4) is 0 Å². The molecule has 0 amide bonds. The molecule has 0 bridgehead atoms. The van der Waals surface area contributed by atoms with Crippen LogP contribution in [0, 0.1) is 22.7 Å². The summed E-state index contributed by atoms with van der Waals surface area (Å²) in [5.41, 5.74) is 7.17. The Bertz CT molecular complexity index is 2430. The highest BCUT2D eigenvalue weighted by atomic mass is 32.1. The van der Waals surface area contributed by atoms with Crippen molar-refractivity contribution in [3.8, 4) is 45.5 Å². The highest BCUT2D eigenvalue weighted by molar-refractivity contribution is 7.26. The molecule has 0 aliphatic rings. The molecule has 2 aromatic heterocycles. The van der Waals surface area contributed by atoms with Gasteiger partial charge in [-0.3, -0.25) is 0 Å². The van der Waals surface area contributed by atoms with Crippen molar-refractivity contribution in [1.82, 2.24) is 0 Å². The van der Waals surface area contributed by atoms with E-state index >= 15 is 0 Å². The number of furan rings is 1. The molecule has 3 nitrogen and oxygen atoms in total.